The van der Waals surface area contributed by atoms with Gasteiger partial charge in [0.05, 0.1) is 5.97 Å². The number of hydrogen-bond acceptors (Lipinski definition) is 8. The molecule has 0 aromatic carbocycles. The molecule has 1 aliphatic rings. The zero-order chi connectivity index (χ0) is 18.3. The SMILES string of the molecule is COC1OC(C(=O)NCCCCC([NH3+])C(=O)[O-])[C@@H](OC)[C@H](O)[C@H]1O. The van der Waals surface area contributed by atoms with Crippen LogP contribution in [0.4, 0.5) is 0 Å². The average molecular weight is 350 g/mol. The molecule has 0 aromatic rings. The second-order valence-corrected chi connectivity index (χ2v) is 5.65. The molecule has 1 amide bonds. The van der Waals surface area contributed by atoms with Crippen molar-refractivity contribution in [1.82, 2.24) is 5.32 Å². The Hall–Kier alpha value is -1.30. The minimum atomic E-state index is -1.33. The number of amides is 1. The van der Waals surface area contributed by atoms with Crippen molar-refractivity contribution >= 4 is 11.9 Å². The Bertz CT molecular complexity index is 422. The van der Waals surface area contributed by atoms with Crippen molar-refractivity contribution in [2.75, 3.05) is 20.8 Å². The van der Waals surface area contributed by atoms with Crippen LogP contribution in [0.1, 0.15) is 19.3 Å². The summed E-state index contributed by atoms with van der Waals surface area (Å²) in [7, 11) is 2.58. The van der Waals surface area contributed by atoms with Gasteiger partial charge in [-0.1, -0.05) is 0 Å². The summed E-state index contributed by atoms with van der Waals surface area (Å²) in [5, 5.41) is 33.0. The monoisotopic (exact) mass is 350 g/mol. The van der Waals surface area contributed by atoms with E-state index < -0.39 is 48.6 Å². The Kier molecular flexibility index (Phi) is 8.53. The molecule has 6 N–H and O–H groups in total. The number of unbranched alkanes of at least 4 members (excludes halogenated alkanes) is 1. The molecule has 24 heavy (non-hydrogen) atoms. The van der Waals surface area contributed by atoms with Gasteiger partial charge in [0.15, 0.2) is 12.4 Å². The summed E-state index contributed by atoms with van der Waals surface area (Å²) in [6.07, 6.45) is -4.51. The molecule has 1 heterocycles. The average Bonchev–Trinajstić information content (AvgIpc) is 2.56. The molecular weight excluding hydrogens is 324 g/mol. The number of methoxy groups -OCH3 is 2. The van der Waals surface area contributed by atoms with Crippen molar-refractivity contribution in [2.45, 2.75) is 56.0 Å². The lowest BCUT2D eigenvalue weighted by atomic mass is 9.98. The predicted molar refractivity (Wildman–Crippen MR) is 77.0 cm³/mol. The van der Waals surface area contributed by atoms with Crippen LogP contribution in [0.25, 0.3) is 0 Å². The minimum absolute atomic E-state index is 0.297. The van der Waals surface area contributed by atoms with E-state index in [0.29, 0.717) is 25.8 Å². The van der Waals surface area contributed by atoms with Gasteiger partial charge in [0.25, 0.3) is 5.91 Å². The largest absolute Gasteiger partial charge is 0.544 e. The highest BCUT2D eigenvalue weighted by atomic mass is 16.7. The van der Waals surface area contributed by atoms with Crippen molar-refractivity contribution in [3.8, 4) is 0 Å². The van der Waals surface area contributed by atoms with Gasteiger partial charge < -0.3 is 45.4 Å². The third kappa shape index (κ3) is 5.36. The number of quaternary nitrogens is 1. The molecule has 1 rings (SSSR count). The first-order chi connectivity index (χ1) is 11.3. The highest BCUT2D eigenvalue weighted by Crippen LogP contribution is 2.23. The molecule has 1 fully saturated rings. The number of carboxylic acids is 1. The Balaban J connectivity index is 2.45. The van der Waals surface area contributed by atoms with Gasteiger partial charge in [0, 0.05) is 27.2 Å². The van der Waals surface area contributed by atoms with E-state index >= 15 is 0 Å². The van der Waals surface area contributed by atoms with E-state index in [0.717, 1.165) is 0 Å². The maximum absolute atomic E-state index is 12.2. The van der Waals surface area contributed by atoms with Crippen LogP contribution >= 0.6 is 0 Å². The van der Waals surface area contributed by atoms with E-state index in [2.05, 4.69) is 11.1 Å². The predicted octanol–water partition coefficient (Wildman–Crippen LogP) is -4.26. The summed E-state index contributed by atoms with van der Waals surface area (Å²) in [5.74, 6) is -1.71. The van der Waals surface area contributed by atoms with Crippen molar-refractivity contribution in [3.63, 3.8) is 0 Å². The zero-order valence-corrected chi connectivity index (χ0v) is 13.8. The fraction of sp³-hybridized carbons (Fsp3) is 0.857. The second-order valence-electron chi connectivity index (χ2n) is 5.65. The molecule has 0 aliphatic carbocycles. The number of aliphatic carboxylic acids is 1. The van der Waals surface area contributed by atoms with Gasteiger partial charge in [-0.25, -0.2) is 0 Å². The molecule has 1 aliphatic heterocycles. The van der Waals surface area contributed by atoms with Gasteiger partial charge >= 0.3 is 0 Å². The molecule has 1 saturated heterocycles. The van der Waals surface area contributed by atoms with Crippen LogP contribution in [0.3, 0.4) is 0 Å². The first kappa shape index (κ1) is 20.7. The van der Waals surface area contributed by atoms with Crippen LogP contribution in [0.5, 0.6) is 0 Å². The van der Waals surface area contributed by atoms with Crippen LogP contribution in [-0.4, -0.2) is 79.6 Å². The molecule has 10 nitrogen and oxygen atoms in total. The molecular formula is C14H26N2O8. The summed E-state index contributed by atoms with van der Waals surface area (Å²) >= 11 is 0. The number of carboxylic acid groups (broad SMARTS) is 1. The topological polar surface area (TPSA) is 165 Å². The van der Waals surface area contributed by atoms with Crippen molar-refractivity contribution in [3.05, 3.63) is 0 Å². The van der Waals surface area contributed by atoms with Crippen LogP contribution < -0.4 is 16.2 Å². The normalized spacial score (nSPS) is 31.5. The van der Waals surface area contributed by atoms with Gasteiger partial charge in [-0.3, -0.25) is 4.79 Å². The third-order valence-corrected chi connectivity index (χ3v) is 3.92. The van der Waals surface area contributed by atoms with Crippen molar-refractivity contribution in [2.24, 2.45) is 0 Å². The molecule has 0 spiro atoms. The number of carbonyl (C=O) groups excluding carboxylic acids is 2. The lowest BCUT2D eigenvalue weighted by molar-refractivity contribution is -0.438. The molecule has 10 heteroatoms. The summed E-state index contributed by atoms with van der Waals surface area (Å²) in [4.78, 5) is 22.7. The van der Waals surface area contributed by atoms with E-state index in [9.17, 15) is 24.9 Å². The first-order valence-corrected chi connectivity index (χ1v) is 7.72. The third-order valence-electron chi connectivity index (χ3n) is 3.92. The van der Waals surface area contributed by atoms with Crippen molar-refractivity contribution in [1.29, 1.82) is 0 Å². The molecule has 0 radical (unpaired) electrons. The van der Waals surface area contributed by atoms with Crippen LogP contribution in [0.15, 0.2) is 0 Å². The maximum atomic E-state index is 12.2. The van der Waals surface area contributed by atoms with Gasteiger partial charge in [0.2, 0.25) is 0 Å². The number of carbonyl (C=O) groups is 2. The molecule has 0 aromatic heterocycles. The van der Waals surface area contributed by atoms with Crippen LogP contribution in [-0.2, 0) is 23.8 Å². The smallest absolute Gasteiger partial charge is 0.252 e. The number of aliphatic hydroxyl groups excluding tert-OH is 2. The fourth-order valence-electron chi connectivity index (χ4n) is 2.45. The number of ether oxygens (including phenoxy) is 3. The van der Waals surface area contributed by atoms with E-state index in [1.807, 2.05) is 0 Å². The molecule has 3 unspecified atom stereocenters. The molecule has 140 valence electrons. The van der Waals surface area contributed by atoms with Crippen LogP contribution in [0, 0.1) is 0 Å². The zero-order valence-electron chi connectivity index (χ0n) is 13.8. The number of hydrogen-bond donors (Lipinski definition) is 4. The van der Waals surface area contributed by atoms with Crippen molar-refractivity contribution < 1.29 is 44.9 Å². The number of aliphatic hydroxyl groups is 2. The standard InChI is InChI=1S/C14H26N2O8/c1-22-10-8(17)9(18)14(23-2)24-11(10)12(19)16-6-4-3-5-7(15)13(20)21/h7-11,14,17-18H,3-6,15H2,1-2H3,(H,16,19)(H,20,21)/t7?,8-,9-,10+,11?,14?/m1/s1. The summed E-state index contributed by atoms with van der Waals surface area (Å²) in [6, 6.07) is -0.778. The highest BCUT2D eigenvalue weighted by Gasteiger charge is 2.47. The Morgan fingerprint density at radius 1 is 1.25 bits per heavy atom. The van der Waals surface area contributed by atoms with Gasteiger partial charge in [0.1, 0.15) is 24.4 Å². The van der Waals surface area contributed by atoms with Crippen LogP contribution in [0.2, 0.25) is 0 Å². The highest BCUT2D eigenvalue weighted by molar-refractivity contribution is 5.81. The van der Waals surface area contributed by atoms with E-state index in [1.165, 1.54) is 14.2 Å². The summed E-state index contributed by atoms with van der Waals surface area (Å²) in [5.41, 5.74) is 3.45. The lowest BCUT2D eigenvalue weighted by Crippen LogP contribution is -2.68. The van der Waals surface area contributed by atoms with E-state index in [1.54, 1.807) is 0 Å². The Labute approximate surface area is 139 Å². The van der Waals surface area contributed by atoms with Gasteiger partial charge in [-0.2, -0.15) is 0 Å². The Morgan fingerprint density at radius 2 is 1.92 bits per heavy atom. The van der Waals surface area contributed by atoms with E-state index in [4.69, 9.17) is 14.2 Å². The van der Waals surface area contributed by atoms with Gasteiger partial charge in [-0.05, 0) is 12.8 Å². The van der Waals surface area contributed by atoms with Gasteiger partial charge in [-0.15, -0.1) is 0 Å². The Morgan fingerprint density at radius 3 is 2.46 bits per heavy atom. The lowest BCUT2D eigenvalue weighted by Gasteiger charge is -2.40. The summed E-state index contributed by atoms with van der Waals surface area (Å²) in [6.45, 7) is 0.297. The number of nitrogens with one attached hydrogen (secondary N) is 1. The first-order valence-electron chi connectivity index (χ1n) is 7.72. The molecule has 0 bridgehead atoms. The maximum Gasteiger partial charge on any atom is 0.252 e. The minimum Gasteiger partial charge on any atom is -0.544 e. The fourth-order valence-corrected chi connectivity index (χ4v) is 2.45. The summed E-state index contributed by atoms with van der Waals surface area (Å²) < 4.78 is 15.3. The van der Waals surface area contributed by atoms with E-state index in [-0.39, 0.29) is 0 Å². The molecule has 6 atom stereocenters. The quantitative estimate of drug-likeness (QED) is 0.303. The second kappa shape index (κ2) is 9.87. The number of rotatable bonds is 9. The molecule has 0 saturated carbocycles.